The van der Waals surface area contributed by atoms with Crippen LogP contribution < -0.4 is 10.6 Å². The molecule has 0 aliphatic carbocycles. The molecule has 0 fully saturated rings. The molecule has 1 unspecified atom stereocenters. The molecule has 0 saturated heterocycles. The van der Waals surface area contributed by atoms with E-state index in [4.69, 9.17) is 4.74 Å². The van der Waals surface area contributed by atoms with E-state index in [2.05, 4.69) is 22.8 Å². The maximum atomic E-state index is 11.7. The minimum absolute atomic E-state index is 0. The number of hydrogen-bond donors (Lipinski definition) is 2. The smallest absolute Gasteiger partial charge is 0.407 e. The molecule has 0 saturated carbocycles. The minimum atomic E-state index is -0.454. The lowest BCUT2D eigenvalue weighted by molar-refractivity contribution is 0.0506. The van der Waals surface area contributed by atoms with E-state index in [1.54, 1.807) is 0 Å². The molecule has 2 rings (SSSR count). The summed E-state index contributed by atoms with van der Waals surface area (Å²) in [6.07, 6.45) is 0.483. The van der Waals surface area contributed by atoms with Crippen LogP contribution in [0.25, 0.3) is 0 Å². The summed E-state index contributed by atoms with van der Waals surface area (Å²) in [6, 6.07) is 8.23. The van der Waals surface area contributed by atoms with Crippen LogP contribution in [0.1, 0.15) is 29.2 Å². The van der Waals surface area contributed by atoms with Crippen LogP contribution in [0.5, 0.6) is 0 Å². The first-order chi connectivity index (χ1) is 8.44. The molecule has 0 bridgehead atoms. The first-order valence-electron chi connectivity index (χ1n) is 6.25. The Hall–Kier alpha value is -1.71. The number of fused-ring (bicyclic) bond motifs is 1. The maximum Gasteiger partial charge on any atom is 0.407 e. The van der Waals surface area contributed by atoms with Gasteiger partial charge in [-0.1, -0.05) is 18.2 Å². The molecule has 1 aromatic rings. The Kier molecular flexibility index (Phi) is 3.45. The number of alkyl carbamates (subject to hydrolysis) is 1. The first-order valence-corrected chi connectivity index (χ1v) is 6.25. The zero-order valence-corrected chi connectivity index (χ0v) is 11.1. The van der Waals surface area contributed by atoms with E-state index >= 15 is 0 Å². The Morgan fingerprint density at radius 1 is 1.44 bits per heavy atom. The topological polar surface area (TPSA) is 50.4 Å². The van der Waals surface area contributed by atoms with Gasteiger partial charge in [-0.25, -0.2) is 4.79 Å². The molecule has 1 heterocycles. The molecule has 4 nitrogen and oxygen atoms in total. The second-order valence-electron chi connectivity index (χ2n) is 5.59. The molecule has 0 aromatic heterocycles. The molecule has 102 valence electrons. The number of para-hydroxylation sites is 1. The van der Waals surface area contributed by atoms with Crippen LogP contribution in [0, 0.1) is 0 Å². The third-order valence-corrected chi connectivity index (χ3v) is 2.74. The summed E-state index contributed by atoms with van der Waals surface area (Å²) in [5, 5.41) is 6.20. The highest BCUT2D eigenvalue weighted by molar-refractivity contribution is 5.68. The van der Waals surface area contributed by atoms with Gasteiger partial charge in [-0.2, -0.15) is 0 Å². The van der Waals surface area contributed by atoms with Crippen molar-refractivity contribution in [3.8, 4) is 0 Å². The summed E-state index contributed by atoms with van der Waals surface area (Å²) in [6.45, 7) is 6.32. The normalized spacial score (nSPS) is 18.5. The monoisotopic (exact) mass is 252 g/mol. The summed E-state index contributed by atoms with van der Waals surface area (Å²) in [5.74, 6) is 0. The number of amides is 1. The van der Waals surface area contributed by atoms with Crippen LogP contribution in [-0.2, 0) is 11.2 Å². The van der Waals surface area contributed by atoms with Crippen LogP contribution in [0.2, 0.25) is 0 Å². The van der Waals surface area contributed by atoms with Gasteiger partial charge < -0.3 is 15.4 Å². The van der Waals surface area contributed by atoms with Crippen LogP contribution >= 0.6 is 0 Å². The number of hydrogen-bond acceptors (Lipinski definition) is 3. The van der Waals surface area contributed by atoms with Gasteiger partial charge >= 0.3 is 6.09 Å². The number of nitrogens with one attached hydrogen (secondary N) is 2. The molecular weight excluding hydrogens is 228 g/mol. The lowest BCUT2D eigenvalue weighted by Crippen LogP contribution is -2.45. The van der Waals surface area contributed by atoms with E-state index in [0.29, 0.717) is 0 Å². The van der Waals surface area contributed by atoms with Gasteiger partial charge in [-0.15, -0.1) is 0 Å². The summed E-state index contributed by atoms with van der Waals surface area (Å²) < 4.78 is 5.25. The number of rotatable bonds is 1. The summed E-state index contributed by atoms with van der Waals surface area (Å²) in [5.41, 5.74) is 1.92. The summed E-state index contributed by atoms with van der Waals surface area (Å²) in [4.78, 5) is 11.7. The highest BCUT2D eigenvalue weighted by atomic mass is 16.6. The van der Waals surface area contributed by atoms with Crippen molar-refractivity contribution >= 4 is 11.8 Å². The zero-order chi connectivity index (χ0) is 13.2. The van der Waals surface area contributed by atoms with Gasteiger partial charge in [0.05, 0.1) is 6.04 Å². The molecule has 2 N–H and O–H groups in total. The van der Waals surface area contributed by atoms with Crippen molar-refractivity contribution < 1.29 is 12.4 Å². The molecule has 4 heteroatoms. The Bertz CT molecular complexity index is 447. The zero-order valence-electron chi connectivity index (χ0n) is 11.1. The highest BCUT2D eigenvalue weighted by Crippen LogP contribution is 2.21. The van der Waals surface area contributed by atoms with E-state index < -0.39 is 5.60 Å². The van der Waals surface area contributed by atoms with Crippen molar-refractivity contribution in [1.82, 2.24) is 5.32 Å². The van der Waals surface area contributed by atoms with Crippen molar-refractivity contribution in [3.05, 3.63) is 29.8 Å². The molecule has 1 aromatic carbocycles. The van der Waals surface area contributed by atoms with Crippen molar-refractivity contribution in [2.45, 2.75) is 38.8 Å². The molecule has 1 aliphatic heterocycles. The van der Waals surface area contributed by atoms with E-state index in [0.717, 1.165) is 18.7 Å². The Balaban J connectivity index is 0.00000180. The average molecular weight is 252 g/mol. The van der Waals surface area contributed by atoms with E-state index in [9.17, 15) is 4.79 Å². The number of carbonyl (C=O) groups excluding carboxylic acids is 1. The van der Waals surface area contributed by atoms with Crippen molar-refractivity contribution in [2.24, 2.45) is 0 Å². The lowest BCUT2D eigenvalue weighted by Gasteiger charge is -2.28. The van der Waals surface area contributed by atoms with Crippen LogP contribution in [-0.4, -0.2) is 24.3 Å². The number of benzene rings is 1. The fourth-order valence-corrected chi connectivity index (χ4v) is 2.02. The Morgan fingerprint density at radius 2 is 2.17 bits per heavy atom. The summed E-state index contributed by atoms with van der Waals surface area (Å²) in [7, 11) is 0. The van der Waals surface area contributed by atoms with E-state index in [1.165, 1.54) is 5.56 Å². The second kappa shape index (κ2) is 4.88. The average Bonchev–Trinajstić information content (AvgIpc) is 2.26. The fourth-order valence-electron chi connectivity index (χ4n) is 2.02. The van der Waals surface area contributed by atoms with Crippen LogP contribution in [0.3, 0.4) is 0 Å². The largest absolute Gasteiger partial charge is 0.444 e. The molecule has 0 spiro atoms. The van der Waals surface area contributed by atoms with E-state index in [1.807, 2.05) is 32.9 Å². The predicted molar refractivity (Wildman–Crippen MR) is 76.0 cm³/mol. The second-order valence-corrected chi connectivity index (χ2v) is 5.59. The summed E-state index contributed by atoms with van der Waals surface area (Å²) >= 11 is 0. The third kappa shape index (κ3) is 3.39. The predicted octanol–water partition coefficient (Wildman–Crippen LogP) is 3.04. The lowest BCUT2D eigenvalue weighted by atomic mass is 10.00. The van der Waals surface area contributed by atoms with Crippen LogP contribution in [0.15, 0.2) is 24.3 Å². The number of carbonyl (C=O) groups is 1. The Morgan fingerprint density at radius 3 is 2.89 bits per heavy atom. The fraction of sp³-hybridized carbons (Fsp3) is 0.500. The van der Waals surface area contributed by atoms with Gasteiger partial charge in [0.15, 0.2) is 0 Å². The molecule has 1 aliphatic rings. The third-order valence-electron chi connectivity index (χ3n) is 2.74. The molecule has 1 amide bonds. The molecule has 1 atom stereocenters. The standard InChI is InChI=1S/C14H20N2O2.2H2/c1-14(2,3)18-13(17)16-11-8-10-6-4-5-7-12(10)15-9-11;;/h4-7,11,15H,8-9H2,1-3H3,(H,16,17);2*1H. The number of anilines is 1. The van der Waals surface area contributed by atoms with Crippen molar-refractivity contribution in [1.29, 1.82) is 0 Å². The van der Waals surface area contributed by atoms with E-state index in [-0.39, 0.29) is 15.0 Å². The van der Waals surface area contributed by atoms with Gasteiger partial charge in [0, 0.05) is 15.1 Å². The SMILES string of the molecule is CC(C)(C)OC(=O)NC1CNc2ccccc2C1.[HH].[HH]. The number of ether oxygens (including phenoxy) is 1. The van der Waals surface area contributed by atoms with Gasteiger partial charge in [-0.05, 0) is 38.8 Å². The Labute approximate surface area is 111 Å². The molecule has 0 radical (unpaired) electrons. The minimum Gasteiger partial charge on any atom is -0.444 e. The maximum absolute atomic E-state index is 11.7. The highest BCUT2D eigenvalue weighted by Gasteiger charge is 2.22. The van der Waals surface area contributed by atoms with Gasteiger partial charge in [0.2, 0.25) is 0 Å². The van der Waals surface area contributed by atoms with Gasteiger partial charge in [0.1, 0.15) is 5.60 Å². The molecular formula is C14H24N2O2. The quantitative estimate of drug-likeness (QED) is 0.807. The first kappa shape index (κ1) is 12.7. The van der Waals surface area contributed by atoms with Crippen molar-refractivity contribution in [2.75, 3.05) is 11.9 Å². The van der Waals surface area contributed by atoms with Crippen molar-refractivity contribution in [3.63, 3.8) is 0 Å². The van der Waals surface area contributed by atoms with Crippen LogP contribution in [0.4, 0.5) is 10.5 Å². The molecule has 18 heavy (non-hydrogen) atoms. The van der Waals surface area contributed by atoms with Gasteiger partial charge in [-0.3, -0.25) is 0 Å². The van der Waals surface area contributed by atoms with Gasteiger partial charge in [0.25, 0.3) is 0 Å².